The summed E-state index contributed by atoms with van der Waals surface area (Å²) in [5.41, 5.74) is 5.92. The topological polar surface area (TPSA) is 41.1 Å². The first-order valence-electron chi connectivity index (χ1n) is 8.38. The molecule has 3 aromatic carbocycles. The van der Waals surface area contributed by atoms with Crippen molar-refractivity contribution in [3.8, 4) is 11.1 Å². The van der Waals surface area contributed by atoms with Crippen LogP contribution in [0, 0.1) is 13.8 Å². The summed E-state index contributed by atoms with van der Waals surface area (Å²) in [6.07, 6.45) is 0. The molecule has 0 bridgehead atoms. The van der Waals surface area contributed by atoms with Gasteiger partial charge in [0.25, 0.3) is 5.91 Å². The van der Waals surface area contributed by atoms with Gasteiger partial charge in [-0.3, -0.25) is 10.1 Å². The van der Waals surface area contributed by atoms with Gasteiger partial charge in [-0.1, -0.05) is 54.6 Å². The minimum atomic E-state index is -0.229. The number of hydrogen-bond acceptors (Lipinski definition) is 2. The van der Waals surface area contributed by atoms with E-state index in [1.54, 1.807) is 12.1 Å². The molecule has 1 amide bonds. The van der Waals surface area contributed by atoms with E-state index in [9.17, 15) is 4.79 Å². The van der Waals surface area contributed by atoms with Crippen LogP contribution in [-0.4, -0.2) is 11.0 Å². The Morgan fingerprint density at radius 3 is 2.15 bits per heavy atom. The molecular formula is C22H20N2OS. The van der Waals surface area contributed by atoms with E-state index >= 15 is 0 Å². The van der Waals surface area contributed by atoms with Crippen molar-refractivity contribution in [3.05, 3.63) is 89.5 Å². The van der Waals surface area contributed by atoms with Gasteiger partial charge in [0, 0.05) is 11.3 Å². The lowest BCUT2D eigenvalue weighted by Gasteiger charge is -2.13. The molecular weight excluding hydrogens is 340 g/mol. The van der Waals surface area contributed by atoms with Gasteiger partial charge in [-0.05, 0) is 66.5 Å². The monoisotopic (exact) mass is 360 g/mol. The molecule has 2 N–H and O–H groups in total. The highest BCUT2D eigenvalue weighted by Crippen LogP contribution is 2.20. The Morgan fingerprint density at radius 2 is 1.46 bits per heavy atom. The third kappa shape index (κ3) is 4.16. The molecule has 26 heavy (non-hydrogen) atoms. The Balaban J connectivity index is 1.66. The summed E-state index contributed by atoms with van der Waals surface area (Å²) >= 11 is 5.27. The number of aryl methyl sites for hydroxylation is 1. The molecule has 3 rings (SSSR count). The van der Waals surface area contributed by atoms with Crippen LogP contribution in [0.1, 0.15) is 21.5 Å². The number of anilines is 1. The summed E-state index contributed by atoms with van der Waals surface area (Å²) in [5.74, 6) is -0.229. The molecule has 3 aromatic rings. The zero-order chi connectivity index (χ0) is 18.5. The van der Waals surface area contributed by atoms with Crippen molar-refractivity contribution < 1.29 is 4.79 Å². The standard InChI is InChI=1S/C22H20N2OS/c1-15-7-6-10-20(16(15)2)23-22(26)24-21(25)19-13-11-18(12-14-19)17-8-4-3-5-9-17/h3-14H,1-2H3,(H2,23,24,25,26). The Bertz CT molecular complexity index is 934. The Hall–Kier alpha value is -2.98. The number of benzene rings is 3. The number of thiocarbonyl (C=S) groups is 1. The second-order valence-corrected chi connectivity index (χ2v) is 6.51. The maximum Gasteiger partial charge on any atom is 0.257 e. The van der Waals surface area contributed by atoms with Gasteiger partial charge in [0.15, 0.2) is 5.11 Å². The van der Waals surface area contributed by atoms with Gasteiger partial charge in [0.1, 0.15) is 0 Å². The summed E-state index contributed by atoms with van der Waals surface area (Å²) < 4.78 is 0. The average Bonchev–Trinajstić information content (AvgIpc) is 2.66. The van der Waals surface area contributed by atoms with Crippen LogP contribution in [0.25, 0.3) is 11.1 Å². The quantitative estimate of drug-likeness (QED) is 0.639. The maximum atomic E-state index is 12.4. The van der Waals surface area contributed by atoms with Gasteiger partial charge in [-0.25, -0.2) is 0 Å². The molecule has 0 radical (unpaired) electrons. The summed E-state index contributed by atoms with van der Waals surface area (Å²) in [4.78, 5) is 12.4. The van der Waals surface area contributed by atoms with E-state index in [4.69, 9.17) is 12.2 Å². The number of amides is 1. The number of nitrogens with one attached hydrogen (secondary N) is 2. The van der Waals surface area contributed by atoms with E-state index in [2.05, 4.69) is 10.6 Å². The van der Waals surface area contributed by atoms with Crippen molar-refractivity contribution in [2.24, 2.45) is 0 Å². The second kappa shape index (κ2) is 7.93. The minimum Gasteiger partial charge on any atom is -0.332 e. The fourth-order valence-electron chi connectivity index (χ4n) is 2.66. The van der Waals surface area contributed by atoms with E-state index in [1.165, 1.54) is 5.56 Å². The number of rotatable bonds is 3. The highest BCUT2D eigenvalue weighted by Gasteiger charge is 2.09. The Kier molecular flexibility index (Phi) is 5.44. The van der Waals surface area contributed by atoms with Crippen molar-refractivity contribution in [1.82, 2.24) is 5.32 Å². The fraction of sp³-hybridized carbons (Fsp3) is 0.0909. The van der Waals surface area contributed by atoms with E-state index < -0.39 is 0 Å². The Morgan fingerprint density at radius 1 is 0.808 bits per heavy atom. The molecule has 0 atom stereocenters. The molecule has 0 saturated carbocycles. The van der Waals surface area contributed by atoms with Crippen LogP contribution < -0.4 is 10.6 Å². The predicted octanol–water partition coefficient (Wildman–Crippen LogP) is 5.10. The molecule has 0 aliphatic heterocycles. The first-order valence-corrected chi connectivity index (χ1v) is 8.79. The zero-order valence-corrected chi connectivity index (χ0v) is 15.6. The molecule has 130 valence electrons. The molecule has 0 aliphatic rings. The molecule has 0 spiro atoms. The number of carbonyl (C=O) groups excluding carboxylic acids is 1. The molecule has 0 fully saturated rings. The van der Waals surface area contributed by atoms with Gasteiger partial charge in [-0.15, -0.1) is 0 Å². The van der Waals surface area contributed by atoms with Crippen LogP contribution in [0.15, 0.2) is 72.8 Å². The van der Waals surface area contributed by atoms with Crippen LogP contribution in [0.2, 0.25) is 0 Å². The van der Waals surface area contributed by atoms with Crippen molar-refractivity contribution >= 4 is 28.9 Å². The summed E-state index contributed by atoms with van der Waals surface area (Å²) in [7, 11) is 0. The second-order valence-electron chi connectivity index (χ2n) is 6.10. The van der Waals surface area contributed by atoms with Gasteiger partial charge in [-0.2, -0.15) is 0 Å². The third-order valence-corrected chi connectivity index (χ3v) is 4.54. The third-order valence-electron chi connectivity index (χ3n) is 4.33. The van der Waals surface area contributed by atoms with Crippen LogP contribution in [0.3, 0.4) is 0 Å². The average molecular weight is 360 g/mol. The highest BCUT2D eigenvalue weighted by atomic mass is 32.1. The van der Waals surface area contributed by atoms with Crippen LogP contribution in [-0.2, 0) is 0 Å². The molecule has 0 unspecified atom stereocenters. The predicted molar refractivity (Wildman–Crippen MR) is 111 cm³/mol. The van der Waals surface area contributed by atoms with E-state index in [0.717, 1.165) is 22.4 Å². The summed E-state index contributed by atoms with van der Waals surface area (Å²) in [5, 5.41) is 6.11. The van der Waals surface area contributed by atoms with Gasteiger partial charge in [0.2, 0.25) is 0 Å². The summed E-state index contributed by atoms with van der Waals surface area (Å²) in [6, 6.07) is 23.5. The SMILES string of the molecule is Cc1cccc(NC(=S)NC(=O)c2ccc(-c3ccccc3)cc2)c1C. The Labute approximate surface area is 159 Å². The lowest BCUT2D eigenvalue weighted by atomic mass is 10.0. The normalized spacial score (nSPS) is 10.2. The van der Waals surface area contributed by atoms with Crippen molar-refractivity contribution in [2.75, 3.05) is 5.32 Å². The van der Waals surface area contributed by atoms with Crippen molar-refractivity contribution in [3.63, 3.8) is 0 Å². The van der Waals surface area contributed by atoms with Crippen LogP contribution in [0.4, 0.5) is 5.69 Å². The van der Waals surface area contributed by atoms with Gasteiger partial charge in [0.05, 0.1) is 0 Å². The largest absolute Gasteiger partial charge is 0.332 e. The maximum absolute atomic E-state index is 12.4. The van der Waals surface area contributed by atoms with Crippen molar-refractivity contribution in [2.45, 2.75) is 13.8 Å². The highest BCUT2D eigenvalue weighted by molar-refractivity contribution is 7.80. The lowest BCUT2D eigenvalue weighted by molar-refractivity contribution is 0.0978. The molecule has 4 heteroatoms. The first kappa shape index (κ1) is 17.8. The molecule has 0 heterocycles. The van der Waals surface area contributed by atoms with E-state index in [0.29, 0.717) is 5.56 Å². The molecule has 0 aromatic heterocycles. The van der Waals surface area contributed by atoms with Gasteiger partial charge >= 0.3 is 0 Å². The smallest absolute Gasteiger partial charge is 0.257 e. The van der Waals surface area contributed by atoms with Crippen LogP contribution >= 0.6 is 12.2 Å². The number of carbonyl (C=O) groups is 1. The minimum absolute atomic E-state index is 0.229. The van der Waals surface area contributed by atoms with Gasteiger partial charge < -0.3 is 5.32 Å². The molecule has 0 aliphatic carbocycles. The summed E-state index contributed by atoms with van der Waals surface area (Å²) in [6.45, 7) is 4.06. The zero-order valence-electron chi connectivity index (χ0n) is 14.7. The molecule has 0 saturated heterocycles. The molecule has 3 nitrogen and oxygen atoms in total. The van der Waals surface area contributed by atoms with E-state index in [-0.39, 0.29) is 11.0 Å². The van der Waals surface area contributed by atoms with Crippen molar-refractivity contribution in [1.29, 1.82) is 0 Å². The van der Waals surface area contributed by atoms with Crippen LogP contribution in [0.5, 0.6) is 0 Å². The number of hydrogen-bond donors (Lipinski definition) is 2. The van der Waals surface area contributed by atoms with E-state index in [1.807, 2.05) is 74.5 Å². The first-order chi connectivity index (χ1) is 12.5. The lowest BCUT2D eigenvalue weighted by Crippen LogP contribution is -2.34. The fourth-order valence-corrected chi connectivity index (χ4v) is 2.86.